The Balaban J connectivity index is 2.10. The van der Waals surface area contributed by atoms with Crippen LogP contribution in [-0.2, 0) is 6.18 Å². The molecule has 1 aromatic heterocycles. The van der Waals surface area contributed by atoms with Crippen molar-refractivity contribution in [2.45, 2.75) is 11.1 Å². The van der Waals surface area contributed by atoms with Gasteiger partial charge in [0.2, 0.25) is 0 Å². The molecule has 132 valence electrons. The number of nitrogens with zero attached hydrogens (tertiary/aromatic N) is 2. The SMILES string of the molecule is CSc1cccc(C#Cc2cc(C(F)(F)F)nn2-c2ccccc2Cl)c1. The topological polar surface area (TPSA) is 17.8 Å². The van der Waals surface area contributed by atoms with Crippen molar-refractivity contribution in [2.75, 3.05) is 6.26 Å². The minimum atomic E-state index is -4.57. The molecule has 0 amide bonds. The fourth-order valence-electron chi connectivity index (χ4n) is 2.25. The molecule has 0 radical (unpaired) electrons. The highest BCUT2D eigenvalue weighted by molar-refractivity contribution is 7.98. The Hall–Kier alpha value is -2.36. The number of benzene rings is 2. The van der Waals surface area contributed by atoms with Crippen molar-refractivity contribution in [3.63, 3.8) is 0 Å². The molecule has 2 aromatic carbocycles. The summed E-state index contributed by atoms with van der Waals surface area (Å²) in [6.45, 7) is 0. The summed E-state index contributed by atoms with van der Waals surface area (Å²) in [5, 5.41) is 3.95. The van der Waals surface area contributed by atoms with Crippen LogP contribution in [-0.4, -0.2) is 16.0 Å². The van der Waals surface area contributed by atoms with E-state index >= 15 is 0 Å². The van der Waals surface area contributed by atoms with Gasteiger partial charge in [-0.2, -0.15) is 18.3 Å². The highest BCUT2D eigenvalue weighted by Gasteiger charge is 2.35. The van der Waals surface area contributed by atoms with Crippen LogP contribution in [0.2, 0.25) is 5.02 Å². The number of thioether (sulfide) groups is 1. The van der Waals surface area contributed by atoms with Gasteiger partial charge in [0.15, 0.2) is 5.69 Å². The van der Waals surface area contributed by atoms with Gasteiger partial charge < -0.3 is 0 Å². The predicted octanol–water partition coefficient (Wildman–Crippen LogP) is 5.67. The monoisotopic (exact) mass is 392 g/mol. The molecule has 7 heteroatoms. The first kappa shape index (κ1) is 18.4. The number of hydrogen-bond donors (Lipinski definition) is 0. The van der Waals surface area contributed by atoms with Crippen LogP contribution in [0.5, 0.6) is 0 Å². The minimum Gasteiger partial charge on any atom is -0.223 e. The summed E-state index contributed by atoms with van der Waals surface area (Å²) in [6, 6.07) is 14.9. The van der Waals surface area contributed by atoms with Gasteiger partial charge in [-0.1, -0.05) is 35.7 Å². The van der Waals surface area contributed by atoms with E-state index in [2.05, 4.69) is 16.9 Å². The van der Waals surface area contributed by atoms with Gasteiger partial charge in [0.1, 0.15) is 5.69 Å². The molecule has 0 aliphatic heterocycles. The van der Waals surface area contributed by atoms with Crippen LogP contribution in [0.3, 0.4) is 0 Å². The van der Waals surface area contributed by atoms with Gasteiger partial charge in [-0.25, -0.2) is 4.68 Å². The molecule has 3 rings (SSSR count). The van der Waals surface area contributed by atoms with Crippen LogP contribution in [0.25, 0.3) is 5.69 Å². The van der Waals surface area contributed by atoms with Crippen LogP contribution in [0.4, 0.5) is 13.2 Å². The van der Waals surface area contributed by atoms with E-state index < -0.39 is 11.9 Å². The Morgan fingerprint density at radius 3 is 2.50 bits per heavy atom. The number of para-hydroxylation sites is 1. The van der Waals surface area contributed by atoms with E-state index in [0.717, 1.165) is 15.6 Å². The number of aromatic nitrogens is 2. The van der Waals surface area contributed by atoms with Crippen LogP contribution in [0, 0.1) is 11.8 Å². The van der Waals surface area contributed by atoms with Gasteiger partial charge in [-0.05, 0) is 42.5 Å². The molecule has 2 nitrogen and oxygen atoms in total. The molecule has 0 aliphatic rings. The molecule has 0 atom stereocenters. The van der Waals surface area contributed by atoms with Crippen LogP contribution in [0.1, 0.15) is 17.0 Å². The molecule has 0 saturated carbocycles. The smallest absolute Gasteiger partial charge is 0.223 e. The Kier molecular flexibility index (Phi) is 5.30. The molecule has 26 heavy (non-hydrogen) atoms. The number of alkyl halides is 3. The third-order valence-corrected chi connectivity index (χ3v) is 4.53. The fourth-order valence-corrected chi connectivity index (χ4v) is 2.93. The van der Waals surface area contributed by atoms with Crippen molar-refractivity contribution in [3.8, 4) is 17.5 Å². The van der Waals surface area contributed by atoms with Crippen molar-refractivity contribution in [1.82, 2.24) is 9.78 Å². The van der Waals surface area contributed by atoms with E-state index in [1.165, 1.54) is 0 Å². The van der Waals surface area contributed by atoms with Crippen molar-refractivity contribution < 1.29 is 13.2 Å². The molecule has 1 heterocycles. The van der Waals surface area contributed by atoms with Crippen LogP contribution >= 0.6 is 23.4 Å². The summed E-state index contributed by atoms with van der Waals surface area (Å²) in [4.78, 5) is 1.02. The Labute approximate surface area is 158 Å². The van der Waals surface area contributed by atoms with Gasteiger partial charge in [0.25, 0.3) is 0 Å². The van der Waals surface area contributed by atoms with Gasteiger partial charge in [-0.15, -0.1) is 11.8 Å². The second-order valence-electron chi connectivity index (χ2n) is 5.26. The highest BCUT2D eigenvalue weighted by Crippen LogP contribution is 2.30. The Morgan fingerprint density at radius 2 is 1.81 bits per heavy atom. The summed E-state index contributed by atoms with van der Waals surface area (Å²) >= 11 is 7.68. The molecule has 0 fully saturated rings. The lowest BCUT2D eigenvalue weighted by atomic mass is 10.2. The van der Waals surface area contributed by atoms with Gasteiger partial charge in [0, 0.05) is 16.5 Å². The van der Waals surface area contributed by atoms with E-state index in [4.69, 9.17) is 11.6 Å². The molecule has 0 aliphatic carbocycles. The number of rotatable bonds is 2. The first-order valence-corrected chi connectivity index (χ1v) is 9.07. The van der Waals surface area contributed by atoms with Crippen molar-refractivity contribution in [2.24, 2.45) is 0 Å². The first-order chi connectivity index (χ1) is 12.4. The quantitative estimate of drug-likeness (QED) is 0.413. The normalized spacial score (nSPS) is 11.1. The standard InChI is InChI=1S/C19H12ClF3N2S/c1-26-15-6-4-5-13(11-15)9-10-14-12-18(19(21,22)23)24-25(14)17-8-3-2-7-16(17)20/h2-8,11-12H,1H3. The van der Waals surface area contributed by atoms with Gasteiger partial charge in [0.05, 0.1) is 10.7 Å². The number of halogens is 4. The maximum Gasteiger partial charge on any atom is 0.435 e. The summed E-state index contributed by atoms with van der Waals surface area (Å²) in [6.07, 6.45) is -2.63. The molecule has 0 N–H and O–H groups in total. The van der Waals surface area contributed by atoms with Crippen LogP contribution in [0.15, 0.2) is 59.5 Å². The summed E-state index contributed by atoms with van der Waals surface area (Å²) in [5.41, 5.74) is 0.142. The molecule has 0 unspecified atom stereocenters. The third kappa shape index (κ3) is 4.06. The zero-order valence-electron chi connectivity index (χ0n) is 13.5. The van der Waals surface area contributed by atoms with E-state index in [9.17, 15) is 13.2 Å². The molecule has 0 saturated heterocycles. The van der Waals surface area contributed by atoms with Crippen molar-refractivity contribution >= 4 is 23.4 Å². The molecular weight excluding hydrogens is 381 g/mol. The first-order valence-electron chi connectivity index (χ1n) is 7.47. The lowest BCUT2D eigenvalue weighted by Gasteiger charge is -2.06. The van der Waals surface area contributed by atoms with Gasteiger partial charge >= 0.3 is 6.18 Å². The second-order valence-corrected chi connectivity index (χ2v) is 6.54. The number of hydrogen-bond acceptors (Lipinski definition) is 2. The largest absolute Gasteiger partial charge is 0.435 e. The van der Waals surface area contributed by atoms with Crippen LogP contribution < -0.4 is 0 Å². The Morgan fingerprint density at radius 1 is 1.04 bits per heavy atom. The van der Waals surface area contributed by atoms with Crippen molar-refractivity contribution in [1.29, 1.82) is 0 Å². The zero-order valence-corrected chi connectivity index (χ0v) is 15.1. The predicted molar refractivity (Wildman–Crippen MR) is 97.8 cm³/mol. The Bertz CT molecular complexity index is 1000. The van der Waals surface area contributed by atoms with E-state index in [1.807, 2.05) is 24.5 Å². The zero-order chi connectivity index (χ0) is 18.7. The lowest BCUT2D eigenvalue weighted by molar-refractivity contribution is -0.141. The summed E-state index contributed by atoms with van der Waals surface area (Å²) in [5.74, 6) is 5.68. The fraction of sp³-hybridized carbons (Fsp3) is 0.105. The minimum absolute atomic E-state index is 0.111. The van der Waals surface area contributed by atoms with Gasteiger partial charge in [-0.3, -0.25) is 0 Å². The van der Waals surface area contributed by atoms with Crippen molar-refractivity contribution in [3.05, 3.63) is 76.6 Å². The maximum absolute atomic E-state index is 13.1. The molecule has 0 spiro atoms. The molecular formula is C19H12ClF3N2S. The molecule has 3 aromatic rings. The average molecular weight is 393 g/mol. The molecule has 0 bridgehead atoms. The average Bonchev–Trinajstić information content (AvgIpc) is 3.05. The lowest BCUT2D eigenvalue weighted by Crippen LogP contribution is -2.07. The highest BCUT2D eigenvalue weighted by atomic mass is 35.5. The maximum atomic E-state index is 13.1. The third-order valence-electron chi connectivity index (χ3n) is 3.49. The van der Waals surface area contributed by atoms with E-state index in [0.29, 0.717) is 11.3 Å². The summed E-state index contributed by atoms with van der Waals surface area (Å²) < 4.78 is 40.4. The second kappa shape index (κ2) is 7.48. The van der Waals surface area contributed by atoms with E-state index in [1.54, 1.807) is 42.1 Å². The summed E-state index contributed by atoms with van der Waals surface area (Å²) in [7, 11) is 0. The van der Waals surface area contributed by atoms with E-state index in [-0.39, 0.29) is 10.7 Å².